The van der Waals surface area contributed by atoms with E-state index in [2.05, 4.69) is 44.3 Å². The maximum absolute atomic E-state index is 5.64. The van der Waals surface area contributed by atoms with Gasteiger partial charge in [-0.15, -0.1) is 6.42 Å². The summed E-state index contributed by atoms with van der Waals surface area (Å²) >= 11 is 3.42. The summed E-state index contributed by atoms with van der Waals surface area (Å²) in [6, 6.07) is 5.06. The Morgan fingerprint density at radius 2 is 2.16 bits per heavy atom. The van der Waals surface area contributed by atoms with Gasteiger partial charge in [0.15, 0.2) is 0 Å². The molecule has 2 saturated carbocycles. The van der Waals surface area contributed by atoms with E-state index in [0.29, 0.717) is 12.0 Å². The van der Waals surface area contributed by atoms with E-state index in [4.69, 9.17) is 6.42 Å². The molecule has 1 aromatic rings. The van der Waals surface area contributed by atoms with Gasteiger partial charge in [-0.05, 0) is 59.7 Å². The molecule has 2 nitrogen and oxygen atoms in total. The predicted octanol–water partition coefficient (Wildman–Crippen LogP) is 3.48. The van der Waals surface area contributed by atoms with Crippen LogP contribution in [0.5, 0.6) is 0 Å². The summed E-state index contributed by atoms with van der Waals surface area (Å²) in [6.45, 7) is 0. The zero-order valence-corrected chi connectivity index (χ0v) is 12.6. The second kappa shape index (κ2) is 5.64. The minimum Gasteiger partial charge on any atom is -0.301 e. The van der Waals surface area contributed by atoms with Crippen LogP contribution in [-0.4, -0.2) is 17.1 Å². The Labute approximate surface area is 123 Å². The molecule has 0 unspecified atom stereocenters. The minimum atomic E-state index is 0.289. The quantitative estimate of drug-likeness (QED) is 0.860. The van der Waals surface area contributed by atoms with Gasteiger partial charge in [0, 0.05) is 28.3 Å². The Morgan fingerprint density at radius 3 is 2.68 bits per heavy atom. The summed E-state index contributed by atoms with van der Waals surface area (Å²) in [5.41, 5.74) is 1.21. The molecule has 100 valence electrons. The Hall–Kier alpha value is -0.850. The number of pyridine rings is 1. The van der Waals surface area contributed by atoms with Gasteiger partial charge >= 0.3 is 0 Å². The average Bonchev–Trinajstić information content (AvgIpc) is 2.31. The van der Waals surface area contributed by atoms with Crippen molar-refractivity contribution < 1.29 is 0 Å². The number of rotatable bonds is 4. The highest BCUT2D eigenvalue weighted by molar-refractivity contribution is 9.10. The van der Waals surface area contributed by atoms with Crippen molar-refractivity contribution in [3.63, 3.8) is 0 Å². The molecule has 2 aliphatic rings. The highest BCUT2D eigenvalue weighted by atomic mass is 79.9. The molecule has 3 heteroatoms. The van der Waals surface area contributed by atoms with Gasteiger partial charge in [0.25, 0.3) is 0 Å². The number of aromatic nitrogens is 1. The number of nitrogens with zero attached hydrogens (tertiary/aromatic N) is 1. The third-order valence-electron chi connectivity index (χ3n) is 4.52. The van der Waals surface area contributed by atoms with E-state index in [1.807, 2.05) is 6.20 Å². The van der Waals surface area contributed by atoms with Gasteiger partial charge in [0.05, 0.1) is 6.04 Å². The van der Waals surface area contributed by atoms with Crippen LogP contribution in [0.1, 0.15) is 43.7 Å². The Kier molecular flexibility index (Phi) is 3.91. The lowest BCUT2D eigenvalue weighted by atomic mass is 9.75. The fraction of sp³-hybridized carbons (Fsp3) is 0.562. The summed E-state index contributed by atoms with van der Waals surface area (Å²) in [5, 5.41) is 3.64. The molecule has 0 aliphatic heterocycles. The first-order valence-electron chi connectivity index (χ1n) is 7.10. The van der Waals surface area contributed by atoms with E-state index in [-0.39, 0.29) is 6.04 Å². The molecule has 0 bridgehead atoms. The van der Waals surface area contributed by atoms with E-state index in [9.17, 15) is 0 Å². The molecule has 1 heterocycles. The highest BCUT2D eigenvalue weighted by Crippen LogP contribution is 2.37. The van der Waals surface area contributed by atoms with Gasteiger partial charge in [-0.1, -0.05) is 12.3 Å². The average molecular weight is 319 g/mol. The molecule has 3 rings (SSSR count). The van der Waals surface area contributed by atoms with Crippen molar-refractivity contribution in [2.45, 2.75) is 50.1 Å². The molecular formula is C16H19BrN2. The largest absolute Gasteiger partial charge is 0.301 e. The third kappa shape index (κ3) is 2.85. The summed E-state index contributed by atoms with van der Waals surface area (Å²) in [5.74, 6) is 4.25. The first-order valence-corrected chi connectivity index (χ1v) is 7.89. The zero-order chi connectivity index (χ0) is 13.2. The van der Waals surface area contributed by atoms with Crippen molar-refractivity contribution in [1.29, 1.82) is 0 Å². The van der Waals surface area contributed by atoms with E-state index < -0.39 is 0 Å². The SMILES string of the molecule is C#C[C@@H](NC1CC(c2ccc(Br)cn2)C1)C1CCC1. The monoisotopic (exact) mass is 318 g/mol. The van der Waals surface area contributed by atoms with E-state index >= 15 is 0 Å². The summed E-state index contributed by atoms with van der Waals surface area (Å²) in [4.78, 5) is 4.48. The van der Waals surface area contributed by atoms with Crippen molar-refractivity contribution >= 4 is 15.9 Å². The summed E-state index contributed by atoms with van der Waals surface area (Å²) in [6.07, 6.45) is 13.8. The van der Waals surface area contributed by atoms with Crippen LogP contribution in [-0.2, 0) is 0 Å². The van der Waals surface area contributed by atoms with Crippen molar-refractivity contribution in [3.8, 4) is 12.3 Å². The van der Waals surface area contributed by atoms with Crippen molar-refractivity contribution in [1.82, 2.24) is 10.3 Å². The Balaban J connectivity index is 1.49. The van der Waals surface area contributed by atoms with Crippen LogP contribution >= 0.6 is 15.9 Å². The number of hydrogen-bond acceptors (Lipinski definition) is 2. The van der Waals surface area contributed by atoms with Crippen molar-refractivity contribution in [3.05, 3.63) is 28.5 Å². The summed E-state index contributed by atoms with van der Waals surface area (Å²) in [7, 11) is 0. The van der Waals surface area contributed by atoms with Gasteiger partial charge in [0.2, 0.25) is 0 Å². The molecule has 1 N–H and O–H groups in total. The maximum atomic E-state index is 5.64. The molecule has 0 radical (unpaired) electrons. The van der Waals surface area contributed by atoms with Crippen LogP contribution in [0.4, 0.5) is 0 Å². The van der Waals surface area contributed by atoms with Gasteiger partial charge in [0.1, 0.15) is 0 Å². The number of halogens is 1. The Bertz CT molecular complexity index is 467. The van der Waals surface area contributed by atoms with Crippen LogP contribution < -0.4 is 5.32 Å². The van der Waals surface area contributed by atoms with Gasteiger partial charge < -0.3 is 5.32 Å². The zero-order valence-electron chi connectivity index (χ0n) is 11.0. The van der Waals surface area contributed by atoms with Crippen LogP contribution in [0.2, 0.25) is 0 Å². The van der Waals surface area contributed by atoms with Crippen molar-refractivity contribution in [2.24, 2.45) is 5.92 Å². The van der Waals surface area contributed by atoms with Crippen LogP contribution in [0.25, 0.3) is 0 Å². The lowest BCUT2D eigenvalue weighted by Crippen LogP contribution is -2.49. The molecule has 2 fully saturated rings. The second-order valence-corrected chi connectivity index (χ2v) is 6.68. The number of hydrogen-bond donors (Lipinski definition) is 1. The lowest BCUT2D eigenvalue weighted by Gasteiger charge is -2.40. The molecule has 1 aromatic heterocycles. The Morgan fingerprint density at radius 1 is 1.37 bits per heavy atom. The highest BCUT2D eigenvalue weighted by Gasteiger charge is 2.35. The van der Waals surface area contributed by atoms with E-state index in [1.165, 1.54) is 37.8 Å². The number of terminal acetylenes is 1. The molecule has 0 saturated heterocycles. The molecule has 0 amide bonds. The van der Waals surface area contributed by atoms with E-state index in [1.54, 1.807) is 0 Å². The normalized spacial score (nSPS) is 28.0. The third-order valence-corrected chi connectivity index (χ3v) is 4.99. The van der Waals surface area contributed by atoms with Gasteiger partial charge in [-0.3, -0.25) is 4.98 Å². The molecular weight excluding hydrogens is 300 g/mol. The smallest absolute Gasteiger partial charge is 0.0717 e. The van der Waals surface area contributed by atoms with E-state index in [0.717, 1.165) is 10.4 Å². The second-order valence-electron chi connectivity index (χ2n) is 5.77. The van der Waals surface area contributed by atoms with Crippen LogP contribution in [0, 0.1) is 18.3 Å². The molecule has 1 atom stereocenters. The first kappa shape index (κ1) is 13.1. The fourth-order valence-electron chi connectivity index (χ4n) is 2.97. The molecule has 0 aromatic carbocycles. The lowest BCUT2D eigenvalue weighted by molar-refractivity contribution is 0.206. The standard InChI is InChI=1S/C16H19BrN2/c1-2-15(11-4-3-5-11)19-14-8-12(9-14)16-7-6-13(17)10-18-16/h1,6-7,10-12,14-15,19H,3-5,8-9H2/t12?,14?,15-/m1/s1. The van der Waals surface area contributed by atoms with Crippen LogP contribution in [0.3, 0.4) is 0 Å². The van der Waals surface area contributed by atoms with Gasteiger partial charge in [-0.2, -0.15) is 0 Å². The van der Waals surface area contributed by atoms with Gasteiger partial charge in [-0.25, -0.2) is 0 Å². The van der Waals surface area contributed by atoms with Crippen LogP contribution in [0.15, 0.2) is 22.8 Å². The molecule has 0 spiro atoms. The minimum absolute atomic E-state index is 0.289. The maximum Gasteiger partial charge on any atom is 0.0717 e. The molecule has 2 aliphatic carbocycles. The molecule has 19 heavy (non-hydrogen) atoms. The first-order chi connectivity index (χ1) is 9.26. The topological polar surface area (TPSA) is 24.9 Å². The van der Waals surface area contributed by atoms with Crippen molar-refractivity contribution in [2.75, 3.05) is 0 Å². The summed E-state index contributed by atoms with van der Waals surface area (Å²) < 4.78 is 1.04. The fourth-order valence-corrected chi connectivity index (χ4v) is 3.21. The number of nitrogens with one attached hydrogen (secondary N) is 1. The predicted molar refractivity (Wildman–Crippen MR) is 80.8 cm³/mol.